The SMILES string of the molecule is CC(C(=O)O)c1ccc(O)c(Cl)c1. The number of aliphatic carboxylic acids is 1. The number of carbonyl (C=O) groups is 1. The summed E-state index contributed by atoms with van der Waals surface area (Å²) in [6, 6.07) is 4.38. The van der Waals surface area contributed by atoms with Gasteiger partial charge in [-0.25, -0.2) is 0 Å². The fraction of sp³-hybridized carbons (Fsp3) is 0.222. The standard InChI is InChI=1S/C9H9ClO3/c1-5(9(12)13)6-2-3-8(11)7(10)4-6/h2-5,11H,1H3,(H,12,13). The minimum atomic E-state index is -0.915. The normalized spacial score (nSPS) is 12.5. The molecule has 0 saturated carbocycles. The molecule has 0 spiro atoms. The van der Waals surface area contributed by atoms with Crippen molar-refractivity contribution in [3.8, 4) is 5.75 Å². The number of rotatable bonds is 2. The number of aromatic hydroxyl groups is 1. The summed E-state index contributed by atoms with van der Waals surface area (Å²) in [5, 5.41) is 17.9. The first-order chi connectivity index (χ1) is 6.02. The van der Waals surface area contributed by atoms with E-state index in [0.29, 0.717) is 5.56 Å². The second-order valence-corrected chi connectivity index (χ2v) is 3.18. The maximum Gasteiger partial charge on any atom is 0.310 e. The number of halogens is 1. The van der Waals surface area contributed by atoms with Crippen LogP contribution in [0.3, 0.4) is 0 Å². The molecule has 3 nitrogen and oxygen atoms in total. The maximum atomic E-state index is 10.6. The van der Waals surface area contributed by atoms with Crippen LogP contribution in [0.4, 0.5) is 0 Å². The summed E-state index contributed by atoms with van der Waals surface area (Å²) in [5.41, 5.74) is 0.579. The van der Waals surface area contributed by atoms with Crippen molar-refractivity contribution in [3.05, 3.63) is 28.8 Å². The lowest BCUT2D eigenvalue weighted by Crippen LogP contribution is -2.06. The van der Waals surface area contributed by atoms with Crippen LogP contribution < -0.4 is 0 Å². The molecule has 0 aliphatic heterocycles. The molecule has 0 fully saturated rings. The van der Waals surface area contributed by atoms with Gasteiger partial charge in [-0.2, -0.15) is 0 Å². The van der Waals surface area contributed by atoms with Gasteiger partial charge >= 0.3 is 5.97 Å². The lowest BCUT2D eigenvalue weighted by atomic mass is 10.0. The Morgan fingerprint density at radius 1 is 1.54 bits per heavy atom. The average Bonchev–Trinajstić information content (AvgIpc) is 2.08. The van der Waals surface area contributed by atoms with Gasteiger partial charge in [-0.1, -0.05) is 17.7 Å². The Labute approximate surface area is 80.6 Å². The first-order valence-electron chi connectivity index (χ1n) is 3.73. The van der Waals surface area contributed by atoms with E-state index in [4.69, 9.17) is 21.8 Å². The summed E-state index contributed by atoms with van der Waals surface area (Å²) >= 11 is 5.62. The maximum absolute atomic E-state index is 10.6. The van der Waals surface area contributed by atoms with Crippen molar-refractivity contribution >= 4 is 17.6 Å². The molecule has 1 rings (SSSR count). The van der Waals surface area contributed by atoms with E-state index in [1.165, 1.54) is 12.1 Å². The van der Waals surface area contributed by atoms with Crippen molar-refractivity contribution in [2.24, 2.45) is 0 Å². The number of hydrogen-bond donors (Lipinski definition) is 2. The Morgan fingerprint density at radius 2 is 2.15 bits per heavy atom. The monoisotopic (exact) mass is 200 g/mol. The van der Waals surface area contributed by atoms with Crippen LogP contribution in [0.1, 0.15) is 18.4 Å². The van der Waals surface area contributed by atoms with Crippen LogP contribution >= 0.6 is 11.6 Å². The Bertz CT molecular complexity index is 336. The van der Waals surface area contributed by atoms with Gasteiger partial charge in [0, 0.05) is 0 Å². The second kappa shape index (κ2) is 3.66. The Morgan fingerprint density at radius 3 is 2.62 bits per heavy atom. The molecule has 70 valence electrons. The zero-order valence-corrected chi connectivity index (χ0v) is 7.75. The third-order valence-electron chi connectivity index (χ3n) is 1.84. The molecular formula is C9H9ClO3. The molecule has 4 heteroatoms. The molecule has 1 unspecified atom stereocenters. The van der Waals surface area contributed by atoms with Crippen LogP contribution in [0.25, 0.3) is 0 Å². The minimum Gasteiger partial charge on any atom is -0.506 e. The van der Waals surface area contributed by atoms with Gasteiger partial charge in [-0.3, -0.25) is 4.79 Å². The first kappa shape index (κ1) is 9.86. The van der Waals surface area contributed by atoms with Crippen LogP contribution in [-0.2, 0) is 4.79 Å². The van der Waals surface area contributed by atoms with Gasteiger partial charge < -0.3 is 10.2 Å². The van der Waals surface area contributed by atoms with Gasteiger partial charge in [0.15, 0.2) is 0 Å². The van der Waals surface area contributed by atoms with Gasteiger partial charge in [0.25, 0.3) is 0 Å². The number of benzene rings is 1. The fourth-order valence-electron chi connectivity index (χ4n) is 0.935. The Hall–Kier alpha value is -1.22. The molecule has 0 radical (unpaired) electrons. The molecule has 1 atom stereocenters. The number of carboxylic acids is 1. The summed E-state index contributed by atoms with van der Waals surface area (Å²) in [7, 11) is 0. The van der Waals surface area contributed by atoms with E-state index in [1.54, 1.807) is 13.0 Å². The molecule has 0 aliphatic carbocycles. The zero-order valence-electron chi connectivity index (χ0n) is 6.99. The van der Waals surface area contributed by atoms with E-state index < -0.39 is 11.9 Å². The van der Waals surface area contributed by atoms with Crippen molar-refractivity contribution < 1.29 is 15.0 Å². The largest absolute Gasteiger partial charge is 0.506 e. The molecule has 0 heterocycles. The zero-order chi connectivity index (χ0) is 10.0. The highest BCUT2D eigenvalue weighted by molar-refractivity contribution is 6.32. The predicted octanol–water partition coefficient (Wildman–Crippen LogP) is 2.23. The van der Waals surface area contributed by atoms with Crippen LogP contribution in [0.2, 0.25) is 5.02 Å². The fourth-order valence-corrected chi connectivity index (χ4v) is 1.12. The van der Waals surface area contributed by atoms with E-state index >= 15 is 0 Å². The third kappa shape index (κ3) is 2.12. The van der Waals surface area contributed by atoms with E-state index in [9.17, 15) is 4.79 Å². The first-order valence-corrected chi connectivity index (χ1v) is 4.11. The van der Waals surface area contributed by atoms with Gasteiger partial charge in [0.2, 0.25) is 0 Å². The van der Waals surface area contributed by atoms with Gasteiger partial charge in [0.1, 0.15) is 5.75 Å². The van der Waals surface area contributed by atoms with E-state index in [1.807, 2.05) is 0 Å². The summed E-state index contributed by atoms with van der Waals surface area (Å²) in [6.07, 6.45) is 0. The lowest BCUT2D eigenvalue weighted by molar-refractivity contribution is -0.138. The number of phenols is 1. The van der Waals surface area contributed by atoms with Crippen LogP contribution in [0.15, 0.2) is 18.2 Å². The van der Waals surface area contributed by atoms with E-state index in [-0.39, 0.29) is 10.8 Å². The highest BCUT2D eigenvalue weighted by atomic mass is 35.5. The van der Waals surface area contributed by atoms with Gasteiger partial charge in [-0.15, -0.1) is 0 Å². The lowest BCUT2D eigenvalue weighted by Gasteiger charge is -2.06. The van der Waals surface area contributed by atoms with Crippen molar-refractivity contribution in [1.29, 1.82) is 0 Å². The highest BCUT2D eigenvalue weighted by Gasteiger charge is 2.14. The van der Waals surface area contributed by atoms with Crippen LogP contribution in [0.5, 0.6) is 5.75 Å². The Balaban J connectivity index is 3.03. The second-order valence-electron chi connectivity index (χ2n) is 2.77. The average molecular weight is 201 g/mol. The molecule has 0 aliphatic rings. The molecule has 0 bridgehead atoms. The Kier molecular flexibility index (Phi) is 2.78. The molecule has 13 heavy (non-hydrogen) atoms. The summed E-state index contributed by atoms with van der Waals surface area (Å²) < 4.78 is 0. The molecule has 1 aromatic rings. The smallest absolute Gasteiger partial charge is 0.310 e. The van der Waals surface area contributed by atoms with E-state index in [2.05, 4.69) is 0 Å². The number of carboxylic acid groups (broad SMARTS) is 1. The molecule has 0 amide bonds. The summed E-state index contributed by atoms with van der Waals surface area (Å²) in [5.74, 6) is -1.57. The van der Waals surface area contributed by atoms with Crippen LogP contribution in [-0.4, -0.2) is 16.2 Å². The number of hydrogen-bond acceptors (Lipinski definition) is 2. The third-order valence-corrected chi connectivity index (χ3v) is 2.14. The van der Waals surface area contributed by atoms with Crippen molar-refractivity contribution in [2.75, 3.05) is 0 Å². The molecule has 0 saturated heterocycles. The molecular weight excluding hydrogens is 192 g/mol. The topological polar surface area (TPSA) is 57.5 Å². The van der Waals surface area contributed by atoms with Crippen molar-refractivity contribution in [3.63, 3.8) is 0 Å². The van der Waals surface area contributed by atoms with Crippen molar-refractivity contribution in [1.82, 2.24) is 0 Å². The minimum absolute atomic E-state index is 0.0389. The summed E-state index contributed by atoms with van der Waals surface area (Å²) in [4.78, 5) is 10.6. The van der Waals surface area contributed by atoms with Crippen molar-refractivity contribution in [2.45, 2.75) is 12.8 Å². The quantitative estimate of drug-likeness (QED) is 0.770. The molecule has 1 aromatic carbocycles. The summed E-state index contributed by atoms with van der Waals surface area (Å²) in [6.45, 7) is 1.56. The molecule has 2 N–H and O–H groups in total. The van der Waals surface area contributed by atoms with Gasteiger partial charge in [0.05, 0.1) is 10.9 Å². The highest BCUT2D eigenvalue weighted by Crippen LogP contribution is 2.27. The van der Waals surface area contributed by atoms with Crippen LogP contribution in [0, 0.1) is 0 Å². The van der Waals surface area contributed by atoms with Gasteiger partial charge in [-0.05, 0) is 24.6 Å². The number of phenolic OH excluding ortho intramolecular Hbond substituents is 1. The molecule has 0 aromatic heterocycles. The van der Waals surface area contributed by atoms with E-state index in [0.717, 1.165) is 0 Å². The predicted molar refractivity (Wildman–Crippen MR) is 49.2 cm³/mol.